The lowest BCUT2D eigenvalue weighted by atomic mass is 10.3. The van der Waals surface area contributed by atoms with Crippen LogP contribution in [-0.4, -0.2) is 48.8 Å². The fourth-order valence-corrected chi connectivity index (χ4v) is 0.927. The first-order chi connectivity index (χ1) is 4.70. The normalized spacial score (nSPS) is 28.3. The number of hydrogen-bond acceptors (Lipinski definition) is 3. The summed E-state index contributed by atoms with van der Waals surface area (Å²) in [6.45, 7) is 1.84. The van der Waals surface area contributed by atoms with Crippen molar-refractivity contribution < 1.29 is 14.6 Å². The van der Waals surface area contributed by atoms with Crippen LogP contribution in [0.3, 0.4) is 0 Å². The van der Waals surface area contributed by atoms with Gasteiger partial charge in [0.2, 0.25) is 0 Å². The molecule has 0 aromatic heterocycles. The number of ether oxygens (including phenoxy) is 1. The van der Waals surface area contributed by atoms with Gasteiger partial charge in [0, 0.05) is 13.1 Å². The average Bonchev–Trinajstić information content (AvgIpc) is 1.88. The third kappa shape index (κ3) is 1.68. The first-order valence-electron chi connectivity index (χ1n) is 3.23. The van der Waals surface area contributed by atoms with Crippen LogP contribution in [0, 0.1) is 0 Å². The number of carboxylic acid groups (broad SMARTS) is 1. The van der Waals surface area contributed by atoms with E-state index >= 15 is 0 Å². The maximum Gasteiger partial charge on any atom is 0.334 e. The van der Waals surface area contributed by atoms with Crippen molar-refractivity contribution in [2.75, 3.05) is 26.7 Å². The Labute approximate surface area is 59.4 Å². The first kappa shape index (κ1) is 7.50. The van der Waals surface area contributed by atoms with Gasteiger partial charge in [0.05, 0.1) is 6.61 Å². The lowest BCUT2D eigenvalue weighted by molar-refractivity contribution is -0.155. The van der Waals surface area contributed by atoms with Gasteiger partial charge >= 0.3 is 5.97 Å². The smallest absolute Gasteiger partial charge is 0.334 e. The van der Waals surface area contributed by atoms with E-state index < -0.39 is 12.1 Å². The first-order valence-corrected chi connectivity index (χ1v) is 3.23. The zero-order valence-corrected chi connectivity index (χ0v) is 5.91. The molecule has 1 N–H and O–H groups in total. The summed E-state index contributed by atoms with van der Waals surface area (Å²) in [5.74, 6) is -0.869. The minimum atomic E-state index is -0.869. The van der Waals surface area contributed by atoms with E-state index in [0.717, 1.165) is 6.54 Å². The number of likely N-dealkylation sites (N-methyl/N-ethyl adjacent to an activating group) is 1. The lowest BCUT2D eigenvalue weighted by Gasteiger charge is -2.27. The van der Waals surface area contributed by atoms with Gasteiger partial charge in [-0.3, -0.25) is 0 Å². The van der Waals surface area contributed by atoms with E-state index in [4.69, 9.17) is 9.84 Å². The molecule has 1 fully saturated rings. The van der Waals surface area contributed by atoms with E-state index in [-0.39, 0.29) is 0 Å². The minimum Gasteiger partial charge on any atom is -0.479 e. The molecular weight excluding hydrogens is 134 g/mol. The molecular formula is C6H11NO3. The van der Waals surface area contributed by atoms with Gasteiger partial charge in [0.1, 0.15) is 0 Å². The van der Waals surface area contributed by atoms with Crippen LogP contribution in [0.2, 0.25) is 0 Å². The summed E-state index contributed by atoms with van der Waals surface area (Å²) >= 11 is 0. The molecule has 4 heteroatoms. The molecule has 1 aliphatic heterocycles. The summed E-state index contributed by atoms with van der Waals surface area (Å²) < 4.78 is 4.97. The summed E-state index contributed by atoms with van der Waals surface area (Å²) in [4.78, 5) is 12.3. The van der Waals surface area contributed by atoms with Crippen LogP contribution in [-0.2, 0) is 9.53 Å². The minimum absolute atomic E-state index is 0.495. The van der Waals surface area contributed by atoms with Crippen molar-refractivity contribution in [1.82, 2.24) is 4.90 Å². The molecule has 10 heavy (non-hydrogen) atoms. The Hall–Kier alpha value is -0.610. The van der Waals surface area contributed by atoms with Crippen LogP contribution >= 0.6 is 0 Å². The number of morpholine rings is 1. The van der Waals surface area contributed by atoms with Crippen molar-refractivity contribution in [3.05, 3.63) is 0 Å². The third-order valence-corrected chi connectivity index (χ3v) is 1.54. The summed E-state index contributed by atoms with van der Waals surface area (Å²) in [6, 6.07) is 0. The van der Waals surface area contributed by atoms with Crippen LogP contribution < -0.4 is 0 Å². The molecule has 0 aromatic rings. The molecule has 0 aliphatic carbocycles. The fraction of sp³-hybridized carbons (Fsp3) is 0.833. The Morgan fingerprint density at radius 3 is 2.90 bits per heavy atom. The Balaban J connectivity index is 2.39. The van der Waals surface area contributed by atoms with Gasteiger partial charge in [-0.25, -0.2) is 4.79 Å². The Morgan fingerprint density at radius 1 is 1.80 bits per heavy atom. The second-order valence-electron chi connectivity index (χ2n) is 2.46. The molecule has 1 heterocycles. The molecule has 0 spiro atoms. The van der Waals surface area contributed by atoms with Gasteiger partial charge < -0.3 is 14.7 Å². The highest BCUT2D eigenvalue weighted by Crippen LogP contribution is 2.01. The van der Waals surface area contributed by atoms with Gasteiger partial charge in [-0.15, -0.1) is 0 Å². The van der Waals surface area contributed by atoms with E-state index in [0.29, 0.717) is 13.2 Å². The molecule has 0 aromatic carbocycles. The number of hydrogen-bond donors (Lipinski definition) is 1. The zero-order chi connectivity index (χ0) is 7.56. The van der Waals surface area contributed by atoms with E-state index in [2.05, 4.69) is 0 Å². The van der Waals surface area contributed by atoms with E-state index in [1.54, 1.807) is 0 Å². The second kappa shape index (κ2) is 2.98. The molecule has 1 saturated heterocycles. The van der Waals surface area contributed by atoms with Crippen LogP contribution in [0.1, 0.15) is 0 Å². The topological polar surface area (TPSA) is 49.8 Å². The van der Waals surface area contributed by atoms with Crippen molar-refractivity contribution in [2.45, 2.75) is 6.10 Å². The molecule has 58 valence electrons. The molecule has 0 amide bonds. The Morgan fingerprint density at radius 2 is 2.50 bits per heavy atom. The molecule has 0 bridgehead atoms. The highest BCUT2D eigenvalue weighted by atomic mass is 16.5. The van der Waals surface area contributed by atoms with Gasteiger partial charge in [0.15, 0.2) is 6.10 Å². The summed E-state index contributed by atoms with van der Waals surface area (Å²) in [6.07, 6.45) is -0.626. The maximum absolute atomic E-state index is 10.3. The second-order valence-corrected chi connectivity index (χ2v) is 2.46. The molecule has 1 rings (SSSR count). The molecule has 1 aliphatic rings. The van der Waals surface area contributed by atoms with Crippen LogP contribution in [0.15, 0.2) is 0 Å². The largest absolute Gasteiger partial charge is 0.479 e. The maximum atomic E-state index is 10.3. The molecule has 0 saturated carbocycles. The third-order valence-electron chi connectivity index (χ3n) is 1.54. The van der Waals surface area contributed by atoms with Crippen molar-refractivity contribution >= 4 is 5.97 Å². The Bertz CT molecular complexity index is 137. The molecule has 0 unspecified atom stereocenters. The van der Waals surface area contributed by atoms with E-state index in [1.165, 1.54) is 0 Å². The predicted octanol–water partition coefficient (Wildman–Crippen LogP) is -0.598. The molecule has 4 nitrogen and oxygen atoms in total. The van der Waals surface area contributed by atoms with Crippen LogP contribution in [0.25, 0.3) is 0 Å². The summed E-state index contributed by atoms with van der Waals surface area (Å²) in [7, 11) is 1.89. The predicted molar refractivity (Wildman–Crippen MR) is 34.9 cm³/mol. The van der Waals surface area contributed by atoms with Crippen molar-refractivity contribution in [1.29, 1.82) is 0 Å². The lowest BCUT2D eigenvalue weighted by Crippen LogP contribution is -2.43. The monoisotopic (exact) mass is 145 g/mol. The standard InChI is InChI=1S/C6H11NO3/c1-7-2-3-10-5(4-7)6(8)9/h5H,2-4H2,1H3,(H,8,9)/t5-/m0/s1. The SMILES string of the molecule is CN1CCO[C@H](C(=O)O)C1. The number of carboxylic acids is 1. The van der Waals surface area contributed by atoms with Crippen LogP contribution in [0.5, 0.6) is 0 Å². The van der Waals surface area contributed by atoms with Crippen molar-refractivity contribution in [3.8, 4) is 0 Å². The summed E-state index contributed by atoms with van der Waals surface area (Å²) in [5, 5.41) is 8.50. The van der Waals surface area contributed by atoms with Gasteiger partial charge in [-0.2, -0.15) is 0 Å². The quantitative estimate of drug-likeness (QED) is 0.535. The van der Waals surface area contributed by atoms with Crippen molar-refractivity contribution in [3.63, 3.8) is 0 Å². The zero-order valence-electron chi connectivity index (χ0n) is 5.91. The van der Waals surface area contributed by atoms with Gasteiger partial charge in [-0.05, 0) is 7.05 Å². The van der Waals surface area contributed by atoms with E-state index in [9.17, 15) is 4.79 Å². The highest BCUT2D eigenvalue weighted by Gasteiger charge is 2.23. The number of rotatable bonds is 1. The number of nitrogens with zero attached hydrogens (tertiary/aromatic N) is 1. The number of carbonyl (C=O) groups is 1. The average molecular weight is 145 g/mol. The number of aliphatic carboxylic acids is 1. The molecule has 0 radical (unpaired) electrons. The van der Waals surface area contributed by atoms with Gasteiger partial charge in [0.25, 0.3) is 0 Å². The van der Waals surface area contributed by atoms with E-state index in [1.807, 2.05) is 11.9 Å². The molecule has 1 atom stereocenters. The highest BCUT2D eigenvalue weighted by molar-refractivity contribution is 5.72. The van der Waals surface area contributed by atoms with Crippen LogP contribution in [0.4, 0.5) is 0 Å². The Kier molecular flexibility index (Phi) is 2.24. The summed E-state index contributed by atoms with van der Waals surface area (Å²) in [5.41, 5.74) is 0. The fourth-order valence-electron chi connectivity index (χ4n) is 0.927. The van der Waals surface area contributed by atoms with Gasteiger partial charge in [-0.1, -0.05) is 0 Å². The van der Waals surface area contributed by atoms with Crippen molar-refractivity contribution in [2.24, 2.45) is 0 Å².